The number of aromatic nitrogens is 1. The van der Waals surface area contributed by atoms with Crippen molar-refractivity contribution in [3.63, 3.8) is 0 Å². The van der Waals surface area contributed by atoms with Gasteiger partial charge in [0.2, 0.25) is 12.7 Å². The van der Waals surface area contributed by atoms with Gasteiger partial charge in [-0.1, -0.05) is 29.8 Å². The molecule has 7 nitrogen and oxygen atoms in total. The molecule has 0 fully saturated rings. The highest BCUT2D eigenvalue weighted by molar-refractivity contribution is 6.33. The molecule has 2 N–H and O–H groups in total. The van der Waals surface area contributed by atoms with Gasteiger partial charge in [-0.2, -0.15) is 0 Å². The Morgan fingerprint density at radius 2 is 1.93 bits per heavy atom. The van der Waals surface area contributed by atoms with E-state index in [1.54, 1.807) is 42.5 Å². The molecule has 0 spiro atoms. The fourth-order valence-corrected chi connectivity index (χ4v) is 3.04. The fourth-order valence-electron chi connectivity index (χ4n) is 2.88. The first-order chi connectivity index (χ1) is 14.1. The van der Waals surface area contributed by atoms with Gasteiger partial charge in [-0.25, -0.2) is 4.98 Å². The van der Waals surface area contributed by atoms with E-state index >= 15 is 0 Å². The number of carbonyl (C=O) groups is 2. The Hall–Kier alpha value is -3.58. The molecule has 2 heterocycles. The summed E-state index contributed by atoms with van der Waals surface area (Å²) in [5, 5.41) is 6.21. The molecule has 0 atom stereocenters. The highest BCUT2D eigenvalue weighted by Crippen LogP contribution is 2.33. The summed E-state index contributed by atoms with van der Waals surface area (Å²) in [5.41, 5.74) is 2.41. The van der Waals surface area contributed by atoms with E-state index in [0.717, 1.165) is 11.8 Å². The van der Waals surface area contributed by atoms with E-state index in [1.165, 1.54) is 6.20 Å². The molecular formula is C21H16ClN3O4. The number of anilines is 3. The molecule has 4 rings (SSSR count). The first kappa shape index (κ1) is 18.8. The van der Waals surface area contributed by atoms with Gasteiger partial charge in [-0.3, -0.25) is 9.59 Å². The third-order valence-electron chi connectivity index (χ3n) is 4.28. The van der Waals surface area contributed by atoms with Crippen LogP contribution in [0.2, 0.25) is 5.02 Å². The summed E-state index contributed by atoms with van der Waals surface area (Å²) in [6, 6.07) is 14.0. The van der Waals surface area contributed by atoms with Gasteiger partial charge in [0.05, 0.1) is 23.3 Å². The summed E-state index contributed by atoms with van der Waals surface area (Å²) < 4.78 is 10.6. The molecule has 0 bridgehead atoms. The van der Waals surface area contributed by atoms with Crippen molar-refractivity contribution in [3.8, 4) is 11.5 Å². The highest BCUT2D eigenvalue weighted by atomic mass is 35.5. The van der Waals surface area contributed by atoms with Crippen LogP contribution < -0.4 is 20.1 Å². The van der Waals surface area contributed by atoms with Crippen LogP contribution in [0, 0.1) is 0 Å². The SMILES string of the molecule is O=Cc1ccccc1Nc1cc(NC(=O)Cc2ccc3c(c2)OCO3)ncc1Cl. The minimum atomic E-state index is -0.238. The Bertz CT molecular complexity index is 1090. The molecule has 3 aromatic rings. The number of pyridine rings is 1. The molecule has 2 aromatic carbocycles. The summed E-state index contributed by atoms with van der Waals surface area (Å²) in [7, 11) is 0. The van der Waals surface area contributed by atoms with Crippen molar-refractivity contribution >= 4 is 41.0 Å². The van der Waals surface area contributed by atoms with Crippen LogP contribution in [0.1, 0.15) is 15.9 Å². The number of ether oxygens (including phenoxy) is 2. The van der Waals surface area contributed by atoms with E-state index in [-0.39, 0.29) is 19.1 Å². The smallest absolute Gasteiger partial charge is 0.231 e. The van der Waals surface area contributed by atoms with E-state index in [4.69, 9.17) is 21.1 Å². The number of rotatable bonds is 6. The van der Waals surface area contributed by atoms with Crippen molar-refractivity contribution in [1.29, 1.82) is 0 Å². The number of halogens is 1. The lowest BCUT2D eigenvalue weighted by Crippen LogP contribution is -2.15. The van der Waals surface area contributed by atoms with Crippen molar-refractivity contribution in [2.45, 2.75) is 6.42 Å². The van der Waals surface area contributed by atoms with Gasteiger partial charge in [-0.05, 0) is 29.8 Å². The third-order valence-corrected chi connectivity index (χ3v) is 4.58. The average Bonchev–Trinajstić information content (AvgIpc) is 3.18. The Morgan fingerprint density at radius 1 is 1.10 bits per heavy atom. The molecule has 1 amide bonds. The summed E-state index contributed by atoms with van der Waals surface area (Å²) in [6.07, 6.45) is 2.34. The van der Waals surface area contributed by atoms with E-state index in [1.807, 2.05) is 6.07 Å². The second kappa shape index (κ2) is 8.20. The quantitative estimate of drug-likeness (QED) is 0.593. The molecule has 0 unspecified atom stereocenters. The Kier molecular flexibility index (Phi) is 5.31. The van der Waals surface area contributed by atoms with Gasteiger partial charge >= 0.3 is 0 Å². The number of hydrogen-bond acceptors (Lipinski definition) is 6. The summed E-state index contributed by atoms with van der Waals surface area (Å²) >= 11 is 6.21. The van der Waals surface area contributed by atoms with Gasteiger partial charge in [0, 0.05) is 17.3 Å². The summed E-state index contributed by atoms with van der Waals surface area (Å²) in [4.78, 5) is 27.8. The average molecular weight is 410 g/mol. The number of hydrogen-bond donors (Lipinski definition) is 2. The van der Waals surface area contributed by atoms with Crippen LogP contribution in [-0.4, -0.2) is 24.0 Å². The normalized spacial score (nSPS) is 11.8. The van der Waals surface area contributed by atoms with Crippen LogP contribution >= 0.6 is 11.6 Å². The Balaban J connectivity index is 1.47. The number of aldehydes is 1. The van der Waals surface area contributed by atoms with Crippen LogP contribution in [0.15, 0.2) is 54.7 Å². The second-order valence-corrected chi connectivity index (χ2v) is 6.70. The minimum Gasteiger partial charge on any atom is -0.454 e. The zero-order valence-electron chi connectivity index (χ0n) is 15.1. The van der Waals surface area contributed by atoms with Gasteiger partial charge < -0.3 is 20.1 Å². The lowest BCUT2D eigenvalue weighted by molar-refractivity contribution is -0.115. The van der Waals surface area contributed by atoms with E-state index in [9.17, 15) is 9.59 Å². The van der Waals surface area contributed by atoms with Gasteiger partial charge in [0.25, 0.3) is 0 Å². The Morgan fingerprint density at radius 3 is 2.79 bits per heavy atom. The maximum Gasteiger partial charge on any atom is 0.231 e. The monoisotopic (exact) mass is 409 g/mol. The molecule has 1 aromatic heterocycles. The van der Waals surface area contributed by atoms with Crippen molar-refractivity contribution in [3.05, 3.63) is 70.9 Å². The number of amides is 1. The standard InChI is InChI=1S/C21H16ClN3O4/c22-15-10-23-20(9-17(15)24-16-4-2-1-3-14(16)11-26)25-21(27)8-13-5-6-18-19(7-13)29-12-28-18/h1-7,9-11H,8,12H2,(H2,23,24,25,27). The number of nitrogens with zero attached hydrogens (tertiary/aromatic N) is 1. The lowest BCUT2D eigenvalue weighted by Gasteiger charge is -2.12. The fraction of sp³-hybridized carbons (Fsp3) is 0.0952. The molecule has 0 radical (unpaired) electrons. The topological polar surface area (TPSA) is 89.6 Å². The first-order valence-electron chi connectivity index (χ1n) is 8.77. The lowest BCUT2D eigenvalue weighted by atomic mass is 10.1. The predicted molar refractivity (Wildman–Crippen MR) is 109 cm³/mol. The van der Waals surface area contributed by atoms with Crippen molar-refractivity contribution in [1.82, 2.24) is 4.98 Å². The maximum absolute atomic E-state index is 12.4. The van der Waals surface area contributed by atoms with Crippen molar-refractivity contribution < 1.29 is 19.1 Å². The zero-order valence-corrected chi connectivity index (χ0v) is 15.9. The first-order valence-corrected chi connectivity index (χ1v) is 9.15. The molecule has 1 aliphatic rings. The van der Waals surface area contributed by atoms with E-state index in [2.05, 4.69) is 15.6 Å². The van der Waals surface area contributed by atoms with Crippen molar-refractivity contribution in [2.24, 2.45) is 0 Å². The number of carbonyl (C=O) groups excluding carboxylic acids is 2. The predicted octanol–water partition coefficient (Wildman–Crippen LogP) is 4.20. The van der Waals surface area contributed by atoms with E-state index in [0.29, 0.717) is 39.3 Å². The highest BCUT2D eigenvalue weighted by Gasteiger charge is 2.15. The Labute approximate surface area is 171 Å². The molecule has 0 saturated heterocycles. The number of nitrogens with one attached hydrogen (secondary N) is 2. The third kappa shape index (κ3) is 4.30. The molecule has 29 heavy (non-hydrogen) atoms. The maximum atomic E-state index is 12.4. The van der Waals surface area contributed by atoms with E-state index < -0.39 is 0 Å². The number of fused-ring (bicyclic) bond motifs is 1. The van der Waals surface area contributed by atoms with Crippen LogP contribution in [0.3, 0.4) is 0 Å². The second-order valence-electron chi connectivity index (χ2n) is 6.29. The molecular weight excluding hydrogens is 394 g/mol. The minimum absolute atomic E-state index is 0.150. The van der Waals surface area contributed by atoms with Crippen LogP contribution in [0.4, 0.5) is 17.2 Å². The van der Waals surface area contributed by atoms with Crippen LogP contribution in [0.5, 0.6) is 11.5 Å². The molecule has 0 saturated carbocycles. The number of para-hydroxylation sites is 1. The van der Waals surface area contributed by atoms with Gasteiger partial charge in [-0.15, -0.1) is 0 Å². The molecule has 146 valence electrons. The molecule has 8 heteroatoms. The molecule has 1 aliphatic heterocycles. The molecule has 0 aliphatic carbocycles. The largest absolute Gasteiger partial charge is 0.454 e. The zero-order chi connectivity index (χ0) is 20.2. The van der Waals surface area contributed by atoms with Gasteiger partial charge in [0.1, 0.15) is 5.82 Å². The number of benzene rings is 2. The van der Waals surface area contributed by atoms with Crippen LogP contribution in [0.25, 0.3) is 0 Å². The summed E-state index contributed by atoms with van der Waals surface area (Å²) in [6.45, 7) is 0.183. The van der Waals surface area contributed by atoms with Gasteiger partial charge in [0.15, 0.2) is 17.8 Å². The summed E-state index contributed by atoms with van der Waals surface area (Å²) in [5.74, 6) is 1.39. The van der Waals surface area contributed by atoms with Crippen molar-refractivity contribution in [2.75, 3.05) is 17.4 Å². The van der Waals surface area contributed by atoms with Crippen LogP contribution in [-0.2, 0) is 11.2 Å².